The fourth-order valence-corrected chi connectivity index (χ4v) is 9.27. The molecule has 0 amide bonds. The van der Waals surface area contributed by atoms with Crippen LogP contribution < -0.4 is 0 Å². The van der Waals surface area contributed by atoms with Gasteiger partial charge in [0.15, 0.2) is 0 Å². The Morgan fingerprint density at radius 2 is 1.75 bits per heavy atom. The number of hydrogen-bond acceptors (Lipinski definition) is 2. The van der Waals surface area contributed by atoms with Crippen molar-refractivity contribution >= 4 is 32.7 Å². The fraction of sp³-hybridized carbons (Fsp3) is 1.00. The van der Waals surface area contributed by atoms with Crippen LogP contribution in [0, 0.1) is 0 Å². The van der Waals surface area contributed by atoms with Crippen molar-refractivity contribution in [3.05, 3.63) is 0 Å². The van der Waals surface area contributed by atoms with Crippen LogP contribution in [0.1, 0.15) is 0 Å². The van der Waals surface area contributed by atoms with E-state index >= 15 is 0 Å². The molecule has 8 heavy (non-hydrogen) atoms. The van der Waals surface area contributed by atoms with E-state index in [1.54, 1.807) is 6.26 Å². The molecular weight excluding hydrogens is 319 g/mol. The zero-order valence-corrected chi connectivity index (χ0v) is 10.4. The standard InChI is InChI=1S/CH4O2S.3CH3.Pb/c1-4(2)3;;;;/h1H3,(H,2,3);3*1H3;/q;;;;+1/p-1. The summed E-state index contributed by atoms with van der Waals surface area (Å²) in [4.78, 5) is 0. The predicted octanol–water partition coefficient (Wildman–Crippen LogP) is 1.13. The minimum absolute atomic E-state index is 1.04. The van der Waals surface area contributed by atoms with Crippen molar-refractivity contribution in [1.82, 2.24) is 0 Å². The van der Waals surface area contributed by atoms with E-state index in [-0.39, 0.29) is 0 Å². The molecule has 0 aliphatic carbocycles. The van der Waals surface area contributed by atoms with Crippen LogP contribution in [0.25, 0.3) is 0 Å². The first-order valence-electron chi connectivity index (χ1n) is 2.45. The normalized spacial score (nSPS) is 16.0. The van der Waals surface area contributed by atoms with Crippen molar-refractivity contribution in [3.63, 3.8) is 0 Å². The summed E-state index contributed by atoms with van der Waals surface area (Å²) in [6, 6.07) is 0. The van der Waals surface area contributed by atoms with Crippen molar-refractivity contribution in [2.24, 2.45) is 0 Å². The molecule has 0 spiro atoms. The van der Waals surface area contributed by atoms with Crippen molar-refractivity contribution in [3.8, 4) is 0 Å². The maximum absolute atomic E-state index is 10.4. The molecule has 0 aromatic rings. The molecule has 0 fully saturated rings. The molecule has 0 saturated heterocycles. The Morgan fingerprint density at radius 3 is 1.75 bits per heavy atom. The minimum atomic E-state index is -2.27. The molecule has 2 nitrogen and oxygen atoms in total. The van der Waals surface area contributed by atoms with Crippen LogP contribution in [0.5, 0.6) is 0 Å². The van der Waals surface area contributed by atoms with Gasteiger partial charge in [0, 0.05) is 0 Å². The number of hydrogen-bond donors (Lipinski definition) is 0. The summed E-state index contributed by atoms with van der Waals surface area (Å²) in [5, 5.41) is 0. The van der Waals surface area contributed by atoms with Crippen LogP contribution in [0.15, 0.2) is 0 Å². The van der Waals surface area contributed by atoms with Crippen molar-refractivity contribution < 1.29 is 6.34 Å². The van der Waals surface area contributed by atoms with Gasteiger partial charge in [0.25, 0.3) is 0 Å². The molecular formula is C4H12O2PbS. The Kier molecular flexibility index (Phi) is 3.68. The Morgan fingerprint density at radius 1 is 1.38 bits per heavy atom. The number of rotatable bonds is 2. The van der Waals surface area contributed by atoms with Crippen LogP contribution >= 0.6 is 0 Å². The molecule has 0 radical (unpaired) electrons. The van der Waals surface area contributed by atoms with Crippen molar-refractivity contribution in [2.45, 2.75) is 13.4 Å². The predicted molar refractivity (Wildman–Crippen MR) is 38.5 cm³/mol. The molecule has 0 aromatic heterocycles. The molecule has 0 saturated carbocycles. The first kappa shape index (κ1) is 9.03. The molecule has 1 atom stereocenters. The van der Waals surface area contributed by atoms with Crippen LogP contribution in [-0.2, 0) is 13.2 Å². The van der Waals surface area contributed by atoms with Gasteiger partial charge in [0.1, 0.15) is 0 Å². The summed E-state index contributed by atoms with van der Waals surface area (Å²) in [6.45, 7) is 0. The molecule has 50 valence electrons. The van der Waals surface area contributed by atoms with E-state index < -0.39 is 32.7 Å². The quantitative estimate of drug-likeness (QED) is 0.709. The van der Waals surface area contributed by atoms with Gasteiger partial charge in [-0.05, 0) is 0 Å². The molecule has 0 aliphatic rings. The first-order valence-corrected chi connectivity index (χ1v) is 17.2. The molecule has 0 N–H and O–H groups in total. The van der Waals surface area contributed by atoms with E-state index in [0.717, 1.165) is 0 Å². The van der Waals surface area contributed by atoms with Crippen LogP contribution in [0.2, 0.25) is 13.4 Å². The summed E-state index contributed by atoms with van der Waals surface area (Å²) >= 11 is -3.30. The van der Waals surface area contributed by atoms with Gasteiger partial charge in [0.05, 0.1) is 0 Å². The summed E-state index contributed by atoms with van der Waals surface area (Å²) in [5.41, 5.74) is 0. The summed E-state index contributed by atoms with van der Waals surface area (Å²) in [7, 11) is 0. The third kappa shape index (κ3) is 7.03. The molecule has 0 heterocycles. The fourth-order valence-electron chi connectivity index (χ4n) is 0.352. The average molecular weight is 331 g/mol. The van der Waals surface area contributed by atoms with E-state index in [4.69, 9.17) is 2.13 Å². The van der Waals surface area contributed by atoms with Gasteiger partial charge in [-0.25, -0.2) is 0 Å². The summed E-state index contributed by atoms with van der Waals surface area (Å²) < 4.78 is 21.8. The van der Waals surface area contributed by atoms with Gasteiger partial charge in [-0.1, -0.05) is 0 Å². The van der Waals surface area contributed by atoms with E-state index in [1.807, 2.05) is 0 Å². The topological polar surface area (TPSA) is 26.3 Å². The Balaban J connectivity index is 3.55. The first-order chi connectivity index (χ1) is 3.42. The van der Waals surface area contributed by atoms with E-state index in [1.165, 1.54) is 0 Å². The molecule has 0 bridgehead atoms. The second kappa shape index (κ2) is 3.26. The third-order valence-corrected chi connectivity index (χ3v) is 9.67. The van der Waals surface area contributed by atoms with E-state index in [2.05, 4.69) is 13.4 Å². The van der Waals surface area contributed by atoms with Crippen LogP contribution in [-0.4, -0.2) is 32.1 Å². The zero-order chi connectivity index (χ0) is 6.78. The van der Waals surface area contributed by atoms with Gasteiger partial charge in [0.2, 0.25) is 0 Å². The van der Waals surface area contributed by atoms with Gasteiger partial charge in [-0.15, -0.1) is 0 Å². The van der Waals surface area contributed by atoms with Crippen molar-refractivity contribution in [1.29, 1.82) is 0 Å². The van der Waals surface area contributed by atoms with Gasteiger partial charge < -0.3 is 0 Å². The molecule has 4 heteroatoms. The molecule has 0 aliphatic heterocycles. The molecule has 1 unspecified atom stereocenters. The summed E-state index contributed by atoms with van der Waals surface area (Å²) in [6.07, 6.45) is 1.57. The third-order valence-electron chi connectivity index (χ3n) is 0.367. The monoisotopic (exact) mass is 332 g/mol. The van der Waals surface area contributed by atoms with Crippen LogP contribution in [0.4, 0.5) is 0 Å². The van der Waals surface area contributed by atoms with Gasteiger partial charge >= 0.3 is 58.8 Å². The Labute approximate surface area is 58.6 Å². The summed E-state index contributed by atoms with van der Waals surface area (Å²) in [5.74, 6) is 0. The molecule has 0 aromatic carbocycles. The van der Waals surface area contributed by atoms with Gasteiger partial charge in [-0.3, -0.25) is 0 Å². The zero-order valence-electron chi connectivity index (χ0n) is 5.72. The Bertz CT molecular complexity index is 96.7. The van der Waals surface area contributed by atoms with E-state index in [0.29, 0.717) is 0 Å². The molecule has 0 rings (SSSR count). The van der Waals surface area contributed by atoms with Gasteiger partial charge in [-0.2, -0.15) is 0 Å². The second-order valence-corrected chi connectivity index (χ2v) is 21.9. The van der Waals surface area contributed by atoms with E-state index in [9.17, 15) is 4.21 Å². The van der Waals surface area contributed by atoms with Crippen molar-refractivity contribution in [2.75, 3.05) is 6.26 Å². The SMILES string of the molecule is CS(=O)[O][Pb]([CH3])([CH3])[CH3]. The average Bonchev–Trinajstić information content (AvgIpc) is 1.21. The second-order valence-electron chi connectivity index (χ2n) is 2.60. The maximum atomic E-state index is 10.4. The van der Waals surface area contributed by atoms with Crippen LogP contribution in [0.3, 0.4) is 0 Å². The Hall–Kier alpha value is 1.03.